The number of carbonyl (C=O) groups is 1. The number of aromatic nitrogens is 4. The van der Waals surface area contributed by atoms with E-state index >= 15 is 0 Å². The molecule has 180 valence electrons. The number of fused-ring (bicyclic) bond motifs is 2. The summed E-state index contributed by atoms with van der Waals surface area (Å²) in [5.74, 6) is 1.04. The highest BCUT2D eigenvalue weighted by atomic mass is 19.1. The Morgan fingerprint density at radius 1 is 1.20 bits per heavy atom. The van der Waals surface area contributed by atoms with Gasteiger partial charge in [0.25, 0.3) is 0 Å². The van der Waals surface area contributed by atoms with Crippen molar-refractivity contribution < 1.29 is 13.9 Å². The largest absolute Gasteiger partial charge is 0.473 e. The summed E-state index contributed by atoms with van der Waals surface area (Å²) in [5.41, 5.74) is 7.37. The fourth-order valence-corrected chi connectivity index (χ4v) is 4.23. The molecule has 10 heteroatoms. The van der Waals surface area contributed by atoms with Crippen LogP contribution in [0.5, 0.6) is 5.88 Å². The molecule has 0 fully saturated rings. The van der Waals surface area contributed by atoms with Crippen LogP contribution in [0.3, 0.4) is 0 Å². The maximum Gasteiger partial charge on any atom is 0.244 e. The second kappa shape index (κ2) is 9.21. The third kappa shape index (κ3) is 4.59. The van der Waals surface area contributed by atoms with E-state index in [9.17, 15) is 9.18 Å². The standard InChI is InChI=1S/C25H26FN7O2/c1-15(2)32-8-6-18-11-21(31-33(18)13-23(32)34)30-20-10-16-9-17(14-35-22-5-3-4-7-28-22)24(26)25(27)19(16)12-29-20/h3-5,7,9-12,15H,6,8,13-14,27H2,1-2H3,(H,29,30,31). The molecule has 1 aliphatic heterocycles. The highest BCUT2D eigenvalue weighted by Gasteiger charge is 2.24. The van der Waals surface area contributed by atoms with Crippen molar-refractivity contribution in [1.82, 2.24) is 24.6 Å². The monoisotopic (exact) mass is 475 g/mol. The number of carbonyl (C=O) groups excluding carboxylic acids is 1. The van der Waals surface area contributed by atoms with Crippen LogP contribution >= 0.6 is 0 Å². The van der Waals surface area contributed by atoms with Crippen molar-refractivity contribution in [3.05, 3.63) is 65.9 Å². The number of ether oxygens (including phenoxy) is 1. The second-order valence-corrected chi connectivity index (χ2v) is 8.75. The van der Waals surface area contributed by atoms with Gasteiger partial charge < -0.3 is 20.7 Å². The molecule has 4 heterocycles. The Balaban J connectivity index is 1.37. The smallest absolute Gasteiger partial charge is 0.244 e. The van der Waals surface area contributed by atoms with Gasteiger partial charge in [-0.25, -0.2) is 14.4 Å². The number of rotatable bonds is 6. The number of amides is 1. The Hall–Kier alpha value is -4.21. The minimum atomic E-state index is -0.533. The molecule has 3 aromatic heterocycles. The number of nitrogens with one attached hydrogen (secondary N) is 1. The van der Waals surface area contributed by atoms with Gasteiger partial charge >= 0.3 is 0 Å². The van der Waals surface area contributed by atoms with Gasteiger partial charge in [-0.1, -0.05) is 6.07 Å². The number of hydrogen-bond donors (Lipinski definition) is 2. The third-order valence-corrected chi connectivity index (χ3v) is 6.04. The van der Waals surface area contributed by atoms with E-state index in [0.717, 1.165) is 12.1 Å². The van der Waals surface area contributed by atoms with Crippen LogP contribution in [0.25, 0.3) is 10.8 Å². The van der Waals surface area contributed by atoms with Gasteiger partial charge in [-0.3, -0.25) is 9.48 Å². The van der Waals surface area contributed by atoms with Crippen molar-refractivity contribution in [3.8, 4) is 5.88 Å². The SMILES string of the molecule is CC(C)N1CCc2cc(Nc3cc4cc(COc5ccccn5)c(F)c(N)c4cn3)nn2CC1=O. The predicted octanol–water partition coefficient (Wildman–Crippen LogP) is 3.66. The number of nitrogens with zero attached hydrogens (tertiary/aromatic N) is 5. The zero-order valence-corrected chi connectivity index (χ0v) is 19.5. The van der Waals surface area contributed by atoms with E-state index in [1.807, 2.05) is 24.8 Å². The highest BCUT2D eigenvalue weighted by Crippen LogP contribution is 2.30. The van der Waals surface area contributed by atoms with Gasteiger partial charge in [0.05, 0.1) is 5.69 Å². The first kappa shape index (κ1) is 22.6. The van der Waals surface area contributed by atoms with E-state index in [0.29, 0.717) is 40.4 Å². The Kier molecular flexibility index (Phi) is 5.94. The van der Waals surface area contributed by atoms with Crippen LogP contribution in [0, 0.1) is 5.82 Å². The minimum absolute atomic E-state index is 0.0107. The maximum atomic E-state index is 14.8. The van der Waals surface area contributed by atoms with Crippen molar-refractivity contribution in [2.45, 2.75) is 39.5 Å². The molecule has 0 spiro atoms. The van der Waals surface area contributed by atoms with Crippen molar-refractivity contribution in [2.24, 2.45) is 0 Å². The first-order valence-corrected chi connectivity index (χ1v) is 11.4. The highest BCUT2D eigenvalue weighted by molar-refractivity contribution is 5.94. The number of hydrogen-bond acceptors (Lipinski definition) is 7. The lowest BCUT2D eigenvalue weighted by atomic mass is 10.1. The van der Waals surface area contributed by atoms with Crippen LogP contribution in [0.1, 0.15) is 25.1 Å². The summed E-state index contributed by atoms with van der Waals surface area (Å²) in [5, 5.41) is 8.96. The molecular weight excluding hydrogens is 449 g/mol. The normalized spacial score (nSPS) is 13.7. The fourth-order valence-electron chi connectivity index (χ4n) is 4.23. The molecule has 1 amide bonds. The van der Waals surface area contributed by atoms with E-state index in [1.54, 1.807) is 41.2 Å². The molecule has 3 N–H and O–H groups in total. The van der Waals surface area contributed by atoms with Gasteiger partial charge in [-0.05, 0) is 37.4 Å². The lowest BCUT2D eigenvalue weighted by molar-refractivity contribution is -0.133. The van der Waals surface area contributed by atoms with E-state index in [-0.39, 0.29) is 30.8 Å². The van der Waals surface area contributed by atoms with Crippen molar-refractivity contribution in [3.63, 3.8) is 0 Å². The van der Waals surface area contributed by atoms with Gasteiger partial charge in [-0.15, -0.1) is 0 Å². The molecule has 0 radical (unpaired) electrons. The predicted molar refractivity (Wildman–Crippen MR) is 131 cm³/mol. The number of benzene rings is 1. The summed E-state index contributed by atoms with van der Waals surface area (Å²) in [6.07, 6.45) is 3.86. The van der Waals surface area contributed by atoms with E-state index < -0.39 is 5.82 Å². The number of nitrogens with two attached hydrogens (primary N) is 1. The molecule has 4 aromatic rings. The minimum Gasteiger partial charge on any atom is -0.473 e. The molecule has 0 saturated carbocycles. The molecule has 9 nitrogen and oxygen atoms in total. The summed E-state index contributed by atoms with van der Waals surface area (Å²) >= 11 is 0. The Bertz CT molecular complexity index is 1390. The van der Waals surface area contributed by atoms with E-state index in [2.05, 4.69) is 20.4 Å². The van der Waals surface area contributed by atoms with Gasteiger partial charge in [0.15, 0.2) is 11.6 Å². The molecule has 0 bridgehead atoms. The first-order chi connectivity index (χ1) is 16.9. The van der Waals surface area contributed by atoms with Gasteiger partial charge in [-0.2, -0.15) is 5.10 Å². The molecule has 5 rings (SSSR count). The van der Waals surface area contributed by atoms with E-state index in [4.69, 9.17) is 10.5 Å². The quantitative estimate of drug-likeness (QED) is 0.409. The molecule has 0 saturated heterocycles. The van der Waals surface area contributed by atoms with Crippen LogP contribution in [0.15, 0.2) is 48.8 Å². The number of anilines is 3. The Morgan fingerprint density at radius 3 is 2.83 bits per heavy atom. The average Bonchev–Trinajstić information content (AvgIpc) is 3.13. The summed E-state index contributed by atoms with van der Waals surface area (Å²) in [7, 11) is 0. The molecular formula is C25H26FN7O2. The molecule has 0 atom stereocenters. The number of halogens is 1. The van der Waals surface area contributed by atoms with E-state index in [1.165, 1.54) is 6.20 Å². The van der Waals surface area contributed by atoms with Crippen LogP contribution in [-0.2, 0) is 24.4 Å². The summed E-state index contributed by atoms with van der Waals surface area (Å²) in [4.78, 5) is 22.9. The van der Waals surface area contributed by atoms with Gasteiger partial charge in [0, 0.05) is 60.2 Å². The fraction of sp³-hybridized carbons (Fsp3) is 0.280. The molecule has 35 heavy (non-hydrogen) atoms. The topological polar surface area (TPSA) is 111 Å². The second-order valence-electron chi connectivity index (χ2n) is 8.75. The van der Waals surface area contributed by atoms with Crippen LogP contribution in [-0.4, -0.2) is 43.1 Å². The van der Waals surface area contributed by atoms with Crippen LogP contribution < -0.4 is 15.8 Å². The van der Waals surface area contributed by atoms with Gasteiger partial charge in [0.1, 0.15) is 19.0 Å². The van der Waals surface area contributed by atoms with Crippen molar-refractivity contribution in [1.29, 1.82) is 0 Å². The third-order valence-electron chi connectivity index (χ3n) is 6.04. The lowest BCUT2D eigenvalue weighted by Gasteiger charge is -2.24. The maximum absolute atomic E-state index is 14.8. The zero-order chi connectivity index (χ0) is 24.5. The number of nitrogen functional groups attached to an aromatic ring is 1. The Morgan fingerprint density at radius 2 is 2.06 bits per heavy atom. The summed E-state index contributed by atoms with van der Waals surface area (Å²) < 4.78 is 22.2. The first-order valence-electron chi connectivity index (χ1n) is 11.4. The Labute approximate surface area is 201 Å². The van der Waals surface area contributed by atoms with Gasteiger partial charge in [0.2, 0.25) is 11.8 Å². The van der Waals surface area contributed by atoms with Crippen molar-refractivity contribution >= 4 is 34.0 Å². The summed E-state index contributed by atoms with van der Waals surface area (Å²) in [6, 6.07) is 10.8. The van der Waals surface area contributed by atoms with Crippen molar-refractivity contribution in [2.75, 3.05) is 17.6 Å². The molecule has 0 unspecified atom stereocenters. The van der Waals surface area contributed by atoms with Crippen LogP contribution in [0.4, 0.5) is 21.7 Å². The van der Waals surface area contributed by atoms with Crippen LogP contribution in [0.2, 0.25) is 0 Å². The average molecular weight is 476 g/mol. The summed E-state index contributed by atoms with van der Waals surface area (Å²) in [6.45, 7) is 4.88. The number of pyridine rings is 2. The zero-order valence-electron chi connectivity index (χ0n) is 19.5. The molecule has 1 aromatic carbocycles. The molecule has 1 aliphatic rings. The lowest BCUT2D eigenvalue weighted by Crippen LogP contribution is -2.38. The molecule has 0 aliphatic carbocycles.